The van der Waals surface area contributed by atoms with Gasteiger partial charge in [-0.15, -0.1) is 0 Å². The molecule has 3 rings (SSSR count). The number of hydrogen-bond acceptors (Lipinski definition) is 6. The number of unbranched alkanes of at least 4 members (excludes halogenated alkanes) is 7. The summed E-state index contributed by atoms with van der Waals surface area (Å²) in [5.41, 5.74) is 1.09. The van der Waals surface area contributed by atoms with Gasteiger partial charge in [-0.25, -0.2) is 4.79 Å². The standard InChI is InChI=1S/C24H38N2O5/c1-3-5-7-9-11-13-20-17(12-10-8-6-4-2)18-15-26(24(29)25-23(18)31-20)22-14-19(28)21(16-27)30-22/h15,19,21-22,27-28H,3-14,16H2,1-2H3/t19-,21+,22+/m0/s1. The molecule has 0 spiro atoms. The molecule has 0 amide bonds. The van der Waals surface area contributed by atoms with Gasteiger partial charge in [0.05, 0.1) is 18.1 Å². The van der Waals surface area contributed by atoms with Crippen molar-refractivity contribution in [3.05, 3.63) is 28.0 Å². The summed E-state index contributed by atoms with van der Waals surface area (Å²) in [5.74, 6) is 0.952. The number of fused-ring (bicyclic) bond motifs is 1. The predicted octanol–water partition coefficient (Wildman–Crippen LogP) is 4.27. The summed E-state index contributed by atoms with van der Waals surface area (Å²) in [6.07, 6.45) is 12.3. The maximum Gasteiger partial charge on any atom is 0.353 e. The molecule has 0 radical (unpaired) electrons. The fourth-order valence-corrected chi connectivity index (χ4v) is 4.42. The fraction of sp³-hybridized carbons (Fsp3) is 0.750. The van der Waals surface area contributed by atoms with Gasteiger partial charge >= 0.3 is 5.69 Å². The van der Waals surface area contributed by atoms with Crippen molar-refractivity contribution in [2.75, 3.05) is 6.61 Å². The summed E-state index contributed by atoms with van der Waals surface area (Å²) in [4.78, 5) is 16.8. The van der Waals surface area contributed by atoms with Gasteiger partial charge in [-0.05, 0) is 19.3 Å². The molecule has 3 heterocycles. The molecule has 7 nitrogen and oxygen atoms in total. The third-order valence-corrected chi connectivity index (χ3v) is 6.28. The van der Waals surface area contributed by atoms with E-state index in [4.69, 9.17) is 9.15 Å². The number of aromatic nitrogens is 2. The van der Waals surface area contributed by atoms with Crippen LogP contribution in [-0.2, 0) is 17.6 Å². The van der Waals surface area contributed by atoms with Crippen LogP contribution < -0.4 is 5.69 Å². The van der Waals surface area contributed by atoms with Crippen LogP contribution in [0.4, 0.5) is 0 Å². The van der Waals surface area contributed by atoms with Crippen LogP contribution in [0, 0.1) is 0 Å². The number of aryl methyl sites for hydroxylation is 2. The molecule has 0 aromatic carbocycles. The van der Waals surface area contributed by atoms with E-state index in [1.54, 1.807) is 6.20 Å². The second-order valence-electron chi connectivity index (χ2n) is 8.74. The highest BCUT2D eigenvalue weighted by molar-refractivity contribution is 5.78. The van der Waals surface area contributed by atoms with Crippen LogP contribution >= 0.6 is 0 Å². The van der Waals surface area contributed by atoms with E-state index >= 15 is 0 Å². The van der Waals surface area contributed by atoms with Crippen LogP contribution in [0.2, 0.25) is 0 Å². The molecule has 0 saturated carbocycles. The molecule has 31 heavy (non-hydrogen) atoms. The summed E-state index contributed by atoms with van der Waals surface area (Å²) in [6, 6.07) is 0. The van der Waals surface area contributed by atoms with Crippen molar-refractivity contribution in [2.24, 2.45) is 0 Å². The molecule has 0 unspecified atom stereocenters. The highest BCUT2D eigenvalue weighted by Gasteiger charge is 2.35. The average molecular weight is 435 g/mol. The molecule has 2 aromatic heterocycles. The first-order valence-electron chi connectivity index (χ1n) is 12.1. The minimum Gasteiger partial charge on any atom is -0.442 e. The van der Waals surface area contributed by atoms with E-state index in [1.807, 2.05) is 0 Å². The summed E-state index contributed by atoms with van der Waals surface area (Å²) < 4.78 is 13.2. The summed E-state index contributed by atoms with van der Waals surface area (Å²) in [7, 11) is 0. The second-order valence-corrected chi connectivity index (χ2v) is 8.74. The SMILES string of the molecule is CCCCCCCc1oc2nc(=O)n([C@H]3C[C@H](O)[C@@H](CO)O3)cc2c1CCCCCC. The average Bonchev–Trinajstić information content (AvgIpc) is 3.29. The van der Waals surface area contributed by atoms with E-state index in [0.717, 1.165) is 42.4 Å². The monoisotopic (exact) mass is 434 g/mol. The number of aliphatic hydroxyl groups is 2. The van der Waals surface area contributed by atoms with Gasteiger partial charge < -0.3 is 19.4 Å². The first kappa shape index (κ1) is 24.0. The van der Waals surface area contributed by atoms with Gasteiger partial charge in [0.15, 0.2) is 0 Å². The molecule has 0 aliphatic carbocycles. The first-order valence-corrected chi connectivity index (χ1v) is 12.1. The maximum absolute atomic E-state index is 12.6. The molecule has 174 valence electrons. The van der Waals surface area contributed by atoms with Crippen molar-refractivity contribution in [3.8, 4) is 0 Å². The Balaban J connectivity index is 1.85. The van der Waals surface area contributed by atoms with E-state index in [9.17, 15) is 15.0 Å². The molecule has 3 atom stereocenters. The van der Waals surface area contributed by atoms with E-state index in [1.165, 1.54) is 49.5 Å². The largest absolute Gasteiger partial charge is 0.442 e. The van der Waals surface area contributed by atoms with Crippen LogP contribution in [0.5, 0.6) is 0 Å². The second kappa shape index (κ2) is 11.8. The zero-order chi connectivity index (χ0) is 22.2. The van der Waals surface area contributed by atoms with Crippen molar-refractivity contribution in [1.82, 2.24) is 9.55 Å². The van der Waals surface area contributed by atoms with Crippen molar-refractivity contribution >= 4 is 11.1 Å². The maximum atomic E-state index is 12.6. The minimum absolute atomic E-state index is 0.256. The van der Waals surface area contributed by atoms with Gasteiger partial charge in [0.2, 0.25) is 5.71 Å². The smallest absolute Gasteiger partial charge is 0.353 e. The zero-order valence-electron chi connectivity index (χ0n) is 19.0. The minimum atomic E-state index is -0.797. The van der Waals surface area contributed by atoms with Crippen LogP contribution in [0.3, 0.4) is 0 Å². The first-order chi connectivity index (χ1) is 15.1. The van der Waals surface area contributed by atoms with Gasteiger partial charge in [0.1, 0.15) is 18.1 Å². The van der Waals surface area contributed by atoms with E-state index in [2.05, 4.69) is 18.8 Å². The number of rotatable bonds is 13. The molecule has 0 bridgehead atoms. The number of nitrogens with zero attached hydrogens (tertiary/aromatic N) is 2. The van der Waals surface area contributed by atoms with Crippen molar-refractivity contribution in [2.45, 2.75) is 109 Å². The lowest BCUT2D eigenvalue weighted by Gasteiger charge is -2.14. The molecule has 2 N–H and O–H groups in total. The molecular formula is C24H38N2O5. The Bertz CT molecular complexity index is 875. The number of ether oxygens (including phenoxy) is 1. The van der Waals surface area contributed by atoms with Gasteiger partial charge in [-0.2, -0.15) is 4.98 Å². The molecule has 1 aliphatic heterocycles. The Labute approximate surface area is 184 Å². The van der Waals surface area contributed by atoms with Crippen molar-refractivity contribution < 1.29 is 19.4 Å². The highest BCUT2D eigenvalue weighted by Crippen LogP contribution is 2.31. The highest BCUT2D eigenvalue weighted by atomic mass is 16.5. The summed E-state index contributed by atoms with van der Waals surface area (Å²) in [5, 5.41) is 20.3. The van der Waals surface area contributed by atoms with Crippen LogP contribution in [0.15, 0.2) is 15.4 Å². The molecule has 2 aromatic rings. The van der Waals surface area contributed by atoms with Crippen LogP contribution in [0.1, 0.15) is 95.6 Å². The number of hydrogen-bond donors (Lipinski definition) is 2. The number of furan rings is 1. The molecule has 1 saturated heterocycles. The Kier molecular flexibility index (Phi) is 9.11. The lowest BCUT2D eigenvalue weighted by molar-refractivity contribution is -0.0457. The fourth-order valence-electron chi connectivity index (χ4n) is 4.42. The summed E-state index contributed by atoms with van der Waals surface area (Å²) >= 11 is 0. The van der Waals surface area contributed by atoms with E-state index < -0.39 is 24.1 Å². The van der Waals surface area contributed by atoms with Gasteiger partial charge in [0.25, 0.3) is 0 Å². The van der Waals surface area contributed by atoms with Gasteiger partial charge in [0, 0.05) is 24.6 Å². The lowest BCUT2D eigenvalue weighted by atomic mass is 10.0. The molecule has 1 fully saturated rings. The van der Waals surface area contributed by atoms with Gasteiger partial charge in [-0.3, -0.25) is 4.57 Å². The Morgan fingerprint density at radius 2 is 1.74 bits per heavy atom. The van der Waals surface area contributed by atoms with Crippen LogP contribution in [0.25, 0.3) is 11.1 Å². The molecular weight excluding hydrogens is 396 g/mol. The van der Waals surface area contributed by atoms with E-state index in [-0.39, 0.29) is 13.0 Å². The van der Waals surface area contributed by atoms with Crippen LogP contribution in [-0.4, -0.2) is 38.6 Å². The normalized spacial score (nSPS) is 21.4. The third-order valence-electron chi connectivity index (χ3n) is 6.28. The molecule has 7 heteroatoms. The number of aliphatic hydroxyl groups excluding tert-OH is 2. The lowest BCUT2D eigenvalue weighted by Crippen LogP contribution is -2.27. The topological polar surface area (TPSA) is 97.7 Å². The third kappa shape index (κ3) is 5.96. The zero-order valence-corrected chi connectivity index (χ0v) is 19.0. The van der Waals surface area contributed by atoms with Gasteiger partial charge in [-0.1, -0.05) is 58.8 Å². The molecule has 1 aliphatic rings. The summed E-state index contributed by atoms with van der Waals surface area (Å²) in [6.45, 7) is 4.14. The predicted molar refractivity (Wildman–Crippen MR) is 120 cm³/mol. The Morgan fingerprint density at radius 3 is 2.42 bits per heavy atom. The quantitative estimate of drug-likeness (QED) is 0.457. The van der Waals surface area contributed by atoms with E-state index in [0.29, 0.717) is 5.71 Å². The van der Waals surface area contributed by atoms with Crippen molar-refractivity contribution in [1.29, 1.82) is 0 Å². The Hall–Kier alpha value is -1.70. The Morgan fingerprint density at radius 1 is 1.06 bits per heavy atom. The van der Waals surface area contributed by atoms with Crippen molar-refractivity contribution in [3.63, 3.8) is 0 Å².